The number of ether oxygens (including phenoxy) is 2. The second-order valence-corrected chi connectivity index (χ2v) is 4.93. The lowest BCUT2D eigenvalue weighted by Crippen LogP contribution is -2.15. The van der Waals surface area contributed by atoms with Crippen LogP contribution in [0, 0.1) is 0 Å². The molecule has 0 saturated heterocycles. The lowest BCUT2D eigenvalue weighted by atomic mass is 10.1. The van der Waals surface area contributed by atoms with Crippen LogP contribution < -0.4 is 14.8 Å². The zero-order valence-corrected chi connectivity index (χ0v) is 12.7. The highest BCUT2D eigenvalue weighted by Crippen LogP contribution is 2.31. The molecule has 2 aromatic rings. The van der Waals surface area contributed by atoms with Crippen molar-refractivity contribution < 1.29 is 14.6 Å². The number of nitrogens with one attached hydrogen (secondary N) is 1. The predicted molar refractivity (Wildman–Crippen MR) is 84.4 cm³/mol. The molecule has 5 heteroatoms. The van der Waals surface area contributed by atoms with Gasteiger partial charge in [0, 0.05) is 22.3 Å². The maximum absolute atomic E-state index is 9.67. The fourth-order valence-corrected chi connectivity index (χ4v) is 2.30. The fourth-order valence-electron chi connectivity index (χ4n) is 2.11. The zero-order valence-electron chi connectivity index (χ0n) is 12.0. The molecule has 2 aromatic carbocycles. The van der Waals surface area contributed by atoms with Gasteiger partial charge in [-0.1, -0.05) is 17.7 Å². The van der Waals surface area contributed by atoms with Gasteiger partial charge in [-0.15, -0.1) is 0 Å². The molecule has 2 N–H and O–H groups in total. The molecular formula is C16H18ClNO3. The Morgan fingerprint density at radius 2 is 1.95 bits per heavy atom. The van der Waals surface area contributed by atoms with E-state index in [4.69, 9.17) is 21.1 Å². The van der Waals surface area contributed by atoms with Crippen LogP contribution in [0.15, 0.2) is 42.5 Å². The van der Waals surface area contributed by atoms with E-state index in [0.29, 0.717) is 16.5 Å². The minimum absolute atomic E-state index is 0.0742. The van der Waals surface area contributed by atoms with E-state index in [0.717, 1.165) is 11.3 Å². The number of rotatable bonds is 6. The number of hydrogen-bond donors (Lipinski definition) is 2. The number of methoxy groups -OCH3 is 2. The van der Waals surface area contributed by atoms with Gasteiger partial charge in [0.05, 0.1) is 26.9 Å². The van der Waals surface area contributed by atoms with Crippen LogP contribution in [0.5, 0.6) is 11.5 Å². The van der Waals surface area contributed by atoms with Crippen molar-refractivity contribution in [1.82, 2.24) is 0 Å². The maximum atomic E-state index is 9.67. The lowest BCUT2D eigenvalue weighted by Gasteiger charge is -2.21. The van der Waals surface area contributed by atoms with E-state index in [1.54, 1.807) is 32.4 Å². The Kier molecular flexibility index (Phi) is 5.31. The summed E-state index contributed by atoms with van der Waals surface area (Å²) >= 11 is 5.97. The van der Waals surface area contributed by atoms with Crippen LogP contribution >= 0.6 is 11.6 Å². The van der Waals surface area contributed by atoms with E-state index in [9.17, 15) is 5.11 Å². The maximum Gasteiger partial charge on any atom is 0.127 e. The van der Waals surface area contributed by atoms with Gasteiger partial charge in [-0.25, -0.2) is 0 Å². The summed E-state index contributed by atoms with van der Waals surface area (Å²) in [5, 5.41) is 13.6. The van der Waals surface area contributed by atoms with Crippen molar-refractivity contribution in [1.29, 1.82) is 0 Å². The summed E-state index contributed by atoms with van der Waals surface area (Å²) in [6.07, 6.45) is 0. The van der Waals surface area contributed by atoms with E-state index in [1.807, 2.05) is 24.3 Å². The van der Waals surface area contributed by atoms with Gasteiger partial charge in [0.25, 0.3) is 0 Å². The first-order chi connectivity index (χ1) is 10.2. The third kappa shape index (κ3) is 3.80. The van der Waals surface area contributed by atoms with Crippen LogP contribution in [0.25, 0.3) is 0 Å². The second kappa shape index (κ2) is 7.20. The Labute approximate surface area is 129 Å². The van der Waals surface area contributed by atoms with Crippen molar-refractivity contribution in [2.75, 3.05) is 26.1 Å². The minimum atomic E-state index is -0.302. The monoisotopic (exact) mass is 307 g/mol. The summed E-state index contributed by atoms with van der Waals surface area (Å²) in [5.74, 6) is 1.36. The molecule has 0 spiro atoms. The lowest BCUT2D eigenvalue weighted by molar-refractivity contribution is 0.273. The van der Waals surface area contributed by atoms with Crippen molar-refractivity contribution in [3.8, 4) is 11.5 Å². The molecule has 0 radical (unpaired) electrons. The molecule has 112 valence electrons. The largest absolute Gasteiger partial charge is 0.497 e. The highest BCUT2D eigenvalue weighted by Gasteiger charge is 2.16. The standard InChI is InChI=1S/C16H18ClNO3/c1-20-13-6-7-14(16(9-13)21-2)15(10-19)18-12-5-3-4-11(17)8-12/h3-9,15,18-19H,10H2,1-2H3. The predicted octanol–water partition coefficient (Wildman–Crippen LogP) is 3.50. The Balaban J connectivity index is 2.28. The quantitative estimate of drug-likeness (QED) is 0.857. The van der Waals surface area contributed by atoms with Crippen LogP contribution in [0.2, 0.25) is 5.02 Å². The van der Waals surface area contributed by atoms with E-state index in [2.05, 4.69) is 5.32 Å². The molecule has 4 nitrogen and oxygen atoms in total. The van der Waals surface area contributed by atoms with Crippen LogP contribution in [-0.4, -0.2) is 25.9 Å². The summed E-state index contributed by atoms with van der Waals surface area (Å²) in [7, 11) is 3.19. The molecule has 0 aliphatic rings. The third-order valence-electron chi connectivity index (χ3n) is 3.16. The molecule has 0 saturated carbocycles. The summed E-state index contributed by atoms with van der Waals surface area (Å²) in [6.45, 7) is -0.0742. The van der Waals surface area contributed by atoms with Gasteiger partial charge in [0.1, 0.15) is 11.5 Å². The first kappa shape index (κ1) is 15.5. The number of aliphatic hydroxyl groups is 1. The topological polar surface area (TPSA) is 50.7 Å². The van der Waals surface area contributed by atoms with Gasteiger partial charge in [0.15, 0.2) is 0 Å². The Morgan fingerprint density at radius 1 is 1.14 bits per heavy atom. The number of hydrogen-bond acceptors (Lipinski definition) is 4. The van der Waals surface area contributed by atoms with Crippen molar-refractivity contribution in [3.05, 3.63) is 53.1 Å². The Bertz CT molecular complexity index is 604. The highest BCUT2D eigenvalue weighted by atomic mass is 35.5. The number of benzene rings is 2. The van der Waals surface area contributed by atoms with Gasteiger partial charge < -0.3 is 19.9 Å². The molecular weight excluding hydrogens is 290 g/mol. The smallest absolute Gasteiger partial charge is 0.127 e. The normalized spacial score (nSPS) is 11.8. The van der Waals surface area contributed by atoms with E-state index < -0.39 is 0 Å². The molecule has 0 aliphatic carbocycles. The molecule has 0 amide bonds. The highest BCUT2D eigenvalue weighted by molar-refractivity contribution is 6.30. The van der Waals surface area contributed by atoms with Crippen molar-refractivity contribution >= 4 is 17.3 Å². The van der Waals surface area contributed by atoms with Gasteiger partial charge in [-0.3, -0.25) is 0 Å². The fraction of sp³-hybridized carbons (Fsp3) is 0.250. The summed E-state index contributed by atoms with van der Waals surface area (Å²) in [4.78, 5) is 0. The summed E-state index contributed by atoms with van der Waals surface area (Å²) < 4.78 is 10.6. The van der Waals surface area contributed by atoms with Crippen LogP contribution in [0.1, 0.15) is 11.6 Å². The Morgan fingerprint density at radius 3 is 2.57 bits per heavy atom. The van der Waals surface area contributed by atoms with E-state index in [-0.39, 0.29) is 12.6 Å². The van der Waals surface area contributed by atoms with E-state index in [1.165, 1.54) is 0 Å². The molecule has 0 bridgehead atoms. The van der Waals surface area contributed by atoms with Crippen molar-refractivity contribution in [2.45, 2.75) is 6.04 Å². The molecule has 0 heterocycles. The van der Waals surface area contributed by atoms with Gasteiger partial charge in [-0.2, -0.15) is 0 Å². The molecule has 1 unspecified atom stereocenters. The van der Waals surface area contributed by atoms with Crippen molar-refractivity contribution in [3.63, 3.8) is 0 Å². The average molecular weight is 308 g/mol. The second-order valence-electron chi connectivity index (χ2n) is 4.50. The number of anilines is 1. The van der Waals surface area contributed by atoms with Crippen LogP contribution in [-0.2, 0) is 0 Å². The zero-order chi connectivity index (χ0) is 15.2. The Hall–Kier alpha value is -1.91. The SMILES string of the molecule is COc1ccc(C(CO)Nc2cccc(Cl)c2)c(OC)c1. The molecule has 0 fully saturated rings. The first-order valence-corrected chi connectivity index (χ1v) is 6.90. The molecule has 0 aliphatic heterocycles. The summed E-state index contributed by atoms with van der Waals surface area (Å²) in [5.41, 5.74) is 1.68. The van der Waals surface area contributed by atoms with E-state index >= 15 is 0 Å². The minimum Gasteiger partial charge on any atom is -0.497 e. The molecule has 1 atom stereocenters. The van der Waals surface area contributed by atoms with Gasteiger partial charge in [-0.05, 0) is 30.3 Å². The first-order valence-electron chi connectivity index (χ1n) is 6.52. The van der Waals surface area contributed by atoms with Crippen LogP contribution in [0.3, 0.4) is 0 Å². The molecule has 2 rings (SSSR count). The van der Waals surface area contributed by atoms with Crippen LogP contribution in [0.4, 0.5) is 5.69 Å². The van der Waals surface area contributed by atoms with Gasteiger partial charge >= 0.3 is 0 Å². The average Bonchev–Trinajstić information content (AvgIpc) is 2.52. The molecule has 21 heavy (non-hydrogen) atoms. The van der Waals surface area contributed by atoms with Crippen molar-refractivity contribution in [2.24, 2.45) is 0 Å². The third-order valence-corrected chi connectivity index (χ3v) is 3.40. The number of aliphatic hydroxyl groups excluding tert-OH is 1. The molecule has 0 aromatic heterocycles. The number of halogens is 1. The van der Waals surface area contributed by atoms with Gasteiger partial charge in [0.2, 0.25) is 0 Å². The summed E-state index contributed by atoms with van der Waals surface area (Å²) in [6, 6.07) is 12.5.